The number of nitrogens with one attached hydrogen (secondary N) is 1. The third-order valence-electron chi connectivity index (χ3n) is 3.77. The van der Waals surface area contributed by atoms with E-state index in [0.717, 1.165) is 6.54 Å². The second kappa shape index (κ2) is 4.88. The molecule has 1 unspecified atom stereocenters. The third-order valence-corrected chi connectivity index (χ3v) is 3.77. The van der Waals surface area contributed by atoms with Crippen LogP contribution < -0.4 is 11.3 Å². The minimum atomic E-state index is -0.656. The molecule has 1 aliphatic rings. The molecule has 5 nitrogen and oxygen atoms in total. The van der Waals surface area contributed by atoms with Gasteiger partial charge in [0.2, 0.25) is 11.8 Å². The number of carbonyl (C=O) groups is 2. The van der Waals surface area contributed by atoms with E-state index in [4.69, 9.17) is 5.84 Å². The van der Waals surface area contributed by atoms with E-state index in [0.29, 0.717) is 18.9 Å². The van der Waals surface area contributed by atoms with Crippen molar-refractivity contribution in [1.82, 2.24) is 10.3 Å². The lowest BCUT2D eigenvalue weighted by molar-refractivity contribution is -0.134. The van der Waals surface area contributed by atoms with Gasteiger partial charge in [-0.3, -0.25) is 15.0 Å². The van der Waals surface area contributed by atoms with Crippen LogP contribution in [0.25, 0.3) is 0 Å². The molecular formula is C13H25N3O2. The molecule has 3 N–H and O–H groups in total. The highest BCUT2D eigenvalue weighted by Crippen LogP contribution is 2.35. The number of nitrogens with two attached hydrogens (primary N) is 1. The van der Waals surface area contributed by atoms with Crippen molar-refractivity contribution in [3.05, 3.63) is 0 Å². The summed E-state index contributed by atoms with van der Waals surface area (Å²) >= 11 is 0. The highest BCUT2D eigenvalue weighted by atomic mass is 16.2. The second-order valence-corrected chi connectivity index (χ2v) is 6.90. The molecule has 0 radical (unpaired) electrons. The summed E-state index contributed by atoms with van der Waals surface area (Å²) in [6, 6.07) is 0. The van der Waals surface area contributed by atoms with Crippen LogP contribution >= 0.6 is 0 Å². The van der Waals surface area contributed by atoms with Crippen LogP contribution in [0, 0.1) is 16.7 Å². The van der Waals surface area contributed by atoms with Crippen LogP contribution in [0.15, 0.2) is 0 Å². The first-order valence-electron chi connectivity index (χ1n) is 6.37. The van der Waals surface area contributed by atoms with Crippen molar-refractivity contribution >= 4 is 11.8 Å². The fraction of sp³-hybridized carbons (Fsp3) is 0.846. The van der Waals surface area contributed by atoms with Crippen molar-refractivity contribution in [2.24, 2.45) is 22.6 Å². The highest BCUT2D eigenvalue weighted by molar-refractivity contribution is 5.83. The molecule has 5 heteroatoms. The monoisotopic (exact) mass is 255 g/mol. The normalized spacial score (nSPS) is 21.3. The Morgan fingerprint density at radius 3 is 2.33 bits per heavy atom. The number of likely N-dealkylation sites (tertiary alicyclic amines) is 1. The summed E-state index contributed by atoms with van der Waals surface area (Å²) in [5, 5.41) is 0. The lowest BCUT2D eigenvalue weighted by atomic mass is 9.80. The number of hydrazine groups is 1. The van der Waals surface area contributed by atoms with Gasteiger partial charge in [0.15, 0.2) is 0 Å². The standard InChI is InChI=1S/C13H25N3O2/c1-12(2,3)9-6-10(17)16(7-9)8-13(4,5)11(18)15-14/h9H,6-8,14H2,1-5H3,(H,15,18). The van der Waals surface area contributed by atoms with Crippen LogP contribution in [0.1, 0.15) is 41.0 Å². The summed E-state index contributed by atoms with van der Waals surface area (Å²) < 4.78 is 0. The Balaban J connectivity index is 2.70. The average molecular weight is 255 g/mol. The van der Waals surface area contributed by atoms with Gasteiger partial charge in [0.05, 0.1) is 5.41 Å². The molecule has 1 rings (SSSR count). The zero-order chi connectivity index (χ0) is 14.1. The highest BCUT2D eigenvalue weighted by Gasteiger charge is 2.40. The minimum absolute atomic E-state index is 0.116. The number of carbonyl (C=O) groups excluding carboxylic acids is 2. The van der Waals surface area contributed by atoms with Crippen molar-refractivity contribution < 1.29 is 9.59 Å². The zero-order valence-corrected chi connectivity index (χ0v) is 12.0. The molecule has 0 aromatic heterocycles. The molecule has 0 saturated carbocycles. The molecule has 104 valence electrons. The number of rotatable bonds is 3. The van der Waals surface area contributed by atoms with Gasteiger partial charge in [-0.2, -0.15) is 0 Å². The summed E-state index contributed by atoms with van der Waals surface area (Å²) in [5.74, 6) is 5.40. The maximum absolute atomic E-state index is 12.0. The Labute approximate surface area is 109 Å². The van der Waals surface area contributed by atoms with Crippen molar-refractivity contribution in [3.8, 4) is 0 Å². The second-order valence-electron chi connectivity index (χ2n) is 6.90. The van der Waals surface area contributed by atoms with Gasteiger partial charge in [0, 0.05) is 19.5 Å². The fourth-order valence-corrected chi connectivity index (χ4v) is 2.25. The van der Waals surface area contributed by atoms with E-state index in [1.165, 1.54) is 0 Å². The summed E-state index contributed by atoms with van der Waals surface area (Å²) in [7, 11) is 0. The van der Waals surface area contributed by atoms with Crippen molar-refractivity contribution in [2.45, 2.75) is 41.0 Å². The van der Waals surface area contributed by atoms with Crippen LogP contribution in [0.2, 0.25) is 0 Å². The van der Waals surface area contributed by atoms with E-state index >= 15 is 0 Å². The summed E-state index contributed by atoms with van der Waals surface area (Å²) in [6.07, 6.45) is 0.573. The van der Waals surface area contributed by atoms with Gasteiger partial charge >= 0.3 is 0 Å². The van der Waals surface area contributed by atoms with E-state index < -0.39 is 5.41 Å². The first kappa shape index (κ1) is 15.0. The predicted octanol–water partition coefficient (Wildman–Crippen LogP) is 0.897. The molecule has 1 saturated heterocycles. The number of hydrogen-bond acceptors (Lipinski definition) is 3. The lowest BCUT2D eigenvalue weighted by Gasteiger charge is -2.30. The van der Waals surface area contributed by atoms with E-state index in [9.17, 15) is 9.59 Å². The van der Waals surface area contributed by atoms with Gasteiger partial charge in [0.25, 0.3) is 0 Å². The summed E-state index contributed by atoms with van der Waals surface area (Å²) in [5.41, 5.74) is 1.62. The molecule has 1 heterocycles. The van der Waals surface area contributed by atoms with Crippen LogP contribution in [0.3, 0.4) is 0 Å². The quantitative estimate of drug-likeness (QED) is 0.447. The van der Waals surface area contributed by atoms with E-state index in [2.05, 4.69) is 26.2 Å². The maximum Gasteiger partial charge on any atom is 0.241 e. The molecule has 0 aliphatic carbocycles. The zero-order valence-electron chi connectivity index (χ0n) is 12.0. The van der Waals surface area contributed by atoms with Crippen LogP contribution in [0.5, 0.6) is 0 Å². The number of nitrogens with zero attached hydrogens (tertiary/aromatic N) is 1. The molecule has 2 amide bonds. The molecule has 1 atom stereocenters. The van der Waals surface area contributed by atoms with Gasteiger partial charge in [-0.1, -0.05) is 20.8 Å². The van der Waals surface area contributed by atoms with Gasteiger partial charge in [-0.15, -0.1) is 0 Å². The van der Waals surface area contributed by atoms with Crippen molar-refractivity contribution in [2.75, 3.05) is 13.1 Å². The van der Waals surface area contributed by atoms with Crippen molar-refractivity contribution in [1.29, 1.82) is 0 Å². The molecular weight excluding hydrogens is 230 g/mol. The van der Waals surface area contributed by atoms with Crippen LogP contribution in [-0.2, 0) is 9.59 Å². The molecule has 18 heavy (non-hydrogen) atoms. The van der Waals surface area contributed by atoms with Gasteiger partial charge in [0.1, 0.15) is 0 Å². The van der Waals surface area contributed by atoms with Gasteiger partial charge in [-0.05, 0) is 25.2 Å². The first-order valence-corrected chi connectivity index (χ1v) is 6.37. The largest absolute Gasteiger partial charge is 0.341 e. The molecule has 0 aromatic rings. The Bertz CT molecular complexity index is 345. The average Bonchev–Trinajstić information content (AvgIpc) is 2.58. The smallest absolute Gasteiger partial charge is 0.241 e. The Hall–Kier alpha value is -1.10. The van der Waals surface area contributed by atoms with Gasteiger partial charge < -0.3 is 4.90 Å². The van der Waals surface area contributed by atoms with Crippen LogP contribution in [-0.4, -0.2) is 29.8 Å². The van der Waals surface area contributed by atoms with E-state index in [-0.39, 0.29) is 17.2 Å². The molecule has 1 fully saturated rings. The van der Waals surface area contributed by atoms with E-state index in [1.54, 1.807) is 18.7 Å². The SMILES string of the molecule is CC(C)(CN1CC(C(C)(C)C)CC1=O)C(=O)NN. The Morgan fingerprint density at radius 1 is 1.39 bits per heavy atom. The topological polar surface area (TPSA) is 75.4 Å². The number of hydrogen-bond donors (Lipinski definition) is 2. The van der Waals surface area contributed by atoms with E-state index in [1.807, 2.05) is 0 Å². The van der Waals surface area contributed by atoms with Crippen molar-refractivity contribution in [3.63, 3.8) is 0 Å². The Kier molecular flexibility index (Phi) is 4.05. The summed E-state index contributed by atoms with van der Waals surface area (Å²) in [6.45, 7) is 11.2. The first-order chi connectivity index (χ1) is 8.08. The molecule has 0 aromatic carbocycles. The Morgan fingerprint density at radius 2 is 1.94 bits per heavy atom. The fourth-order valence-electron chi connectivity index (χ4n) is 2.25. The molecule has 1 aliphatic heterocycles. The van der Waals surface area contributed by atoms with Gasteiger partial charge in [-0.25, -0.2) is 5.84 Å². The van der Waals surface area contributed by atoms with Crippen LogP contribution in [0.4, 0.5) is 0 Å². The summed E-state index contributed by atoms with van der Waals surface area (Å²) in [4.78, 5) is 25.4. The lowest BCUT2D eigenvalue weighted by Crippen LogP contribution is -2.47. The molecule has 0 bridgehead atoms. The molecule has 0 spiro atoms. The minimum Gasteiger partial charge on any atom is -0.341 e. The maximum atomic E-state index is 12.0. The predicted molar refractivity (Wildman–Crippen MR) is 70.3 cm³/mol. The third kappa shape index (κ3) is 3.22. The number of amides is 2.